The Kier molecular flexibility index (Phi) is 3.45. The first-order valence-electron chi connectivity index (χ1n) is 4.09. The number of carboxylic acid groups (broad SMARTS) is 1. The Morgan fingerprint density at radius 1 is 1.77 bits per heavy atom. The standard InChI is InChI=1S/C8H13N3O2/c1-9-3-2-7-4-11(6-10-7)5-8(12)13/h4,6,9H,2-3,5H2,1H3,(H,12,13). The molecule has 0 unspecified atom stereocenters. The molecule has 0 atom stereocenters. The van der Waals surface area contributed by atoms with Crippen molar-refractivity contribution >= 4 is 5.97 Å². The number of nitrogens with one attached hydrogen (secondary N) is 1. The zero-order chi connectivity index (χ0) is 9.68. The van der Waals surface area contributed by atoms with Crippen molar-refractivity contribution in [2.24, 2.45) is 0 Å². The summed E-state index contributed by atoms with van der Waals surface area (Å²) in [6.07, 6.45) is 4.12. The number of carbonyl (C=O) groups is 1. The van der Waals surface area contributed by atoms with E-state index in [1.165, 1.54) is 0 Å². The molecule has 5 heteroatoms. The van der Waals surface area contributed by atoms with E-state index in [1.54, 1.807) is 17.1 Å². The lowest BCUT2D eigenvalue weighted by molar-refractivity contribution is -0.137. The van der Waals surface area contributed by atoms with Gasteiger partial charge in [0, 0.05) is 19.2 Å². The summed E-state index contributed by atoms with van der Waals surface area (Å²) < 4.78 is 1.56. The van der Waals surface area contributed by atoms with Gasteiger partial charge in [-0.2, -0.15) is 0 Å². The SMILES string of the molecule is CNCCc1cn(CC(=O)O)cn1. The highest BCUT2D eigenvalue weighted by molar-refractivity contribution is 5.66. The van der Waals surface area contributed by atoms with Crippen LogP contribution >= 0.6 is 0 Å². The highest BCUT2D eigenvalue weighted by Crippen LogP contribution is 1.96. The molecule has 2 N–H and O–H groups in total. The number of rotatable bonds is 5. The van der Waals surface area contributed by atoms with Gasteiger partial charge in [-0.05, 0) is 7.05 Å². The topological polar surface area (TPSA) is 67.2 Å². The van der Waals surface area contributed by atoms with E-state index in [2.05, 4.69) is 10.3 Å². The number of hydrogen-bond donors (Lipinski definition) is 2. The molecule has 1 aromatic rings. The molecule has 0 aliphatic rings. The number of likely N-dealkylation sites (N-methyl/N-ethyl adjacent to an activating group) is 1. The fourth-order valence-corrected chi connectivity index (χ4v) is 1.03. The summed E-state index contributed by atoms with van der Waals surface area (Å²) in [6.45, 7) is 0.830. The van der Waals surface area contributed by atoms with Crippen LogP contribution in [0.15, 0.2) is 12.5 Å². The van der Waals surface area contributed by atoms with Gasteiger partial charge < -0.3 is 15.0 Å². The maximum atomic E-state index is 10.3. The van der Waals surface area contributed by atoms with Crippen molar-refractivity contribution in [3.63, 3.8) is 0 Å². The largest absolute Gasteiger partial charge is 0.480 e. The molecule has 1 rings (SSSR count). The van der Waals surface area contributed by atoms with Gasteiger partial charge in [-0.1, -0.05) is 0 Å². The summed E-state index contributed by atoms with van der Waals surface area (Å²) in [7, 11) is 1.87. The third kappa shape index (κ3) is 3.25. The van der Waals surface area contributed by atoms with E-state index in [0.29, 0.717) is 0 Å². The van der Waals surface area contributed by atoms with Crippen LogP contribution in [-0.2, 0) is 17.8 Å². The van der Waals surface area contributed by atoms with Gasteiger partial charge in [0.1, 0.15) is 6.54 Å². The monoisotopic (exact) mass is 183 g/mol. The van der Waals surface area contributed by atoms with E-state index < -0.39 is 5.97 Å². The van der Waals surface area contributed by atoms with Gasteiger partial charge in [0.25, 0.3) is 0 Å². The maximum absolute atomic E-state index is 10.3. The molecule has 0 amide bonds. The molecule has 0 saturated carbocycles. The lowest BCUT2D eigenvalue weighted by Crippen LogP contribution is -2.10. The van der Waals surface area contributed by atoms with E-state index in [0.717, 1.165) is 18.7 Å². The van der Waals surface area contributed by atoms with Crippen LogP contribution in [0.2, 0.25) is 0 Å². The van der Waals surface area contributed by atoms with Crippen LogP contribution in [0.1, 0.15) is 5.69 Å². The van der Waals surface area contributed by atoms with Crippen LogP contribution in [0.5, 0.6) is 0 Å². The second kappa shape index (κ2) is 4.61. The van der Waals surface area contributed by atoms with E-state index in [4.69, 9.17) is 5.11 Å². The smallest absolute Gasteiger partial charge is 0.323 e. The summed E-state index contributed by atoms with van der Waals surface area (Å²) in [4.78, 5) is 14.4. The van der Waals surface area contributed by atoms with Crippen molar-refractivity contribution in [1.29, 1.82) is 0 Å². The normalized spacial score (nSPS) is 10.2. The molecule has 5 nitrogen and oxygen atoms in total. The molecule has 0 fully saturated rings. The average molecular weight is 183 g/mol. The molecule has 0 bridgehead atoms. The molecule has 0 aliphatic heterocycles. The summed E-state index contributed by atoms with van der Waals surface area (Å²) in [5, 5.41) is 11.5. The average Bonchev–Trinajstić information content (AvgIpc) is 2.48. The van der Waals surface area contributed by atoms with Gasteiger partial charge in [-0.15, -0.1) is 0 Å². The van der Waals surface area contributed by atoms with Gasteiger partial charge in [0.15, 0.2) is 0 Å². The minimum Gasteiger partial charge on any atom is -0.480 e. The molecular weight excluding hydrogens is 170 g/mol. The number of carboxylic acids is 1. The predicted octanol–water partition coefficient (Wildman–Crippen LogP) is -0.270. The third-order valence-electron chi connectivity index (χ3n) is 1.64. The number of imidazole rings is 1. The quantitative estimate of drug-likeness (QED) is 0.659. The summed E-state index contributed by atoms with van der Waals surface area (Å²) in [6, 6.07) is 0. The van der Waals surface area contributed by atoms with E-state index in [9.17, 15) is 4.79 Å². The van der Waals surface area contributed by atoms with Crippen molar-refractivity contribution in [2.75, 3.05) is 13.6 Å². The Hall–Kier alpha value is -1.36. The highest BCUT2D eigenvalue weighted by Gasteiger charge is 2.01. The maximum Gasteiger partial charge on any atom is 0.323 e. The van der Waals surface area contributed by atoms with Gasteiger partial charge in [-0.3, -0.25) is 4.79 Å². The Labute approximate surface area is 76.4 Å². The molecule has 0 aromatic carbocycles. The summed E-state index contributed by atoms with van der Waals surface area (Å²) >= 11 is 0. The Morgan fingerprint density at radius 2 is 2.54 bits per heavy atom. The van der Waals surface area contributed by atoms with Crippen molar-refractivity contribution in [2.45, 2.75) is 13.0 Å². The van der Waals surface area contributed by atoms with Crippen LogP contribution < -0.4 is 5.32 Å². The molecule has 0 spiro atoms. The second-order valence-corrected chi connectivity index (χ2v) is 2.78. The van der Waals surface area contributed by atoms with Crippen molar-refractivity contribution in [3.8, 4) is 0 Å². The Morgan fingerprint density at radius 3 is 3.15 bits per heavy atom. The fourth-order valence-electron chi connectivity index (χ4n) is 1.03. The first kappa shape index (κ1) is 9.73. The molecule has 0 radical (unpaired) electrons. The van der Waals surface area contributed by atoms with E-state index in [-0.39, 0.29) is 6.54 Å². The van der Waals surface area contributed by atoms with Crippen LogP contribution in [0, 0.1) is 0 Å². The van der Waals surface area contributed by atoms with E-state index >= 15 is 0 Å². The highest BCUT2D eigenvalue weighted by atomic mass is 16.4. The van der Waals surface area contributed by atoms with Crippen LogP contribution in [0.25, 0.3) is 0 Å². The Balaban J connectivity index is 2.48. The second-order valence-electron chi connectivity index (χ2n) is 2.78. The number of hydrogen-bond acceptors (Lipinski definition) is 3. The molecule has 1 aromatic heterocycles. The molecule has 1 heterocycles. The van der Waals surface area contributed by atoms with Crippen molar-refractivity contribution in [1.82, 2.24) is 14.9 Å². The Bertz CT molecular complexity index is 283. The molecule has 72 valence electrons. The van der Waals surface area contributed by atoms with E-state index in [1.807, 2.05) is 7.05 Å². The minimum atomic E-state index is -0.849. The van der Waals surface area contributed by atoms with Crippen LogP contribution in [0.4, 0.5) is 0 Å². The van der Waals surface area contributed by atoms with Crippen LogP contribution in [0.3, 0.4) is 0 Å². The number of aliphatic carboxylic acids is 1. The summed E-state index contributed by atoms with van der Waals surface area (Å²) in [5.74, 6) is -0.849. The van der Waals surface area contributed by atoms with Gasteiger partial charge in [0.2, 0.25) is 0 Å². The van der Waals surface area contributed by atoms with Crippen LogP contribution in [-0.4, -0.2) is 34.2 Å². The third-order valence-corrected chi connectivity index (χ3v) is 1.64. The zero-order valence-electron chi connectivity index (χ0n) is 7.53. The zero-order valence-corrected chi connectivity index (χ0v) is 7.53. The van der Waals surface area contributed by atoms with Gasteiger partial charge >= 0.3 is 5.97 Å². The first-order valence-corrected chi connectivity index (χ1v) is 4.09. The van der Waals surface area contributed by atoms with Gasteiger partial charge in [0.05, 0.1) is 12.0 Å². The molecule has 0 aliphatic carbocycles. The number of aromatic nitrogens is 2. The lowest BCUT2D eigenvalue weighted by atomic mass is 10.3. The van der Waals surface area contributed by atoms with Gasteiger partial charge in [-0.25, -0.2) is 4.98 Å². The van der Waals surface area contributed by atoms with Crippen molar-refractivity contribution in [3.05, 3.63) is 18.2 Å². The number of nitrogens with zero attached hydrogens (tertiary/aromatic N) is 2. The molecular formula is C8H13N3O2. The fraction of sp³-hybridized carbons (Fsp3) is 0.500. The predicted molar refractivity (Wildman–Crippen MR) is 47.5 cm³/mol. The molecule has 0 saturated heterocycles. The molecule has 13 heavy (non-hydrogen) atoms. The van der Waals surface area contributed by atoms with Crippen molar-refractivity contribution < 1.29 is 9.90 Å². The minimum absolute atomic E-state index is 0.0213. The lowest BCUT2D eigenvalue weighted by Gasteiger charge is -1.95. The summed E-state index contributed by atoms with van der Waals surface area (Å²) in [5.41, 5.74) is 0.913. The first-order chi connectivity index (χ1) is 6.22.